The molecule has 0 radical (unpaired) electrons. The van der Waals surface area contributed by atoms with Crippen molar-refractivity contribution in [2.24, 2.45) is 5.10 Å². The Balaban J connectivity index is 1.60. The molecule has 0 aliphatic heterocycles. The lowest BCUT2D eigenvalue weighted by atomic mass is 10.0. The summed E-state index contributed by atoms with van der Waals surface area (Å²) in [6, 6.07) is 18.9. The molecule has 0 aromatic heterocycles. The average Bonchev–Trinajstić information content (AvgIpc) is 2.72. The predicted molar refractivity (Wildman–Crippen MR) is 123 cm³/mol. The van der Waals surface area contributed by atoms with Crippen LogP contribution in [0.5, 0.6) is 5.75 Å². The minimum Gasteiger partial charge on any atom is -0.488 e. The van der Waals surface area contributed by atoms with E-state index in [0.29, 0.717) is 22.4 Å². The topological polar surface area (TPSA) is 50.7 Å². The molecule has 4 nitrogen and oxygen atoms in total. The number of para-hydroxylation sites is 1. The van der Waals surface area contributed by atoms with Gasteiger partial charge in [0.15, 0.2) is 0 Å². The van der Waals surface area contributed by atoms with E-state index in [2.05, 4.69) is 16.6 Å². The van der Waals surface area contributed by atoms with E-state index in [-0.39, 0.29) is 12.3 Å². The van der Waals surface area contributed by atoms with Crippen molar-refractivity contribution in [2.45, 2.75) is 26.9 Å². The first-order valence-electron chi connectivity index (χ1n) is 9.46. The van der Waals surface area contributed by atoms with Crippen LogP contribution in [0.25, 0.3) is 0 Å². The van der Waals surface area contributed by atoms with Gasteiger partial charge in [0.25, 0.3) is 0 Å². The number of rotatable bonds is 7. The maximum absolute atomic E-state index is 12.2. The number of hydrogen-bond acceptors (Lipinski definition) is 3. The van der Waals surface area contributed by atoms with Gasteiger partial charge in [0.05, 0.1) is 22.7 Å². The third-order valence-electron chi connectivity index (χ3n) is 4.54. The van der Waals surface area contributed by atoms with Gasteiger partial charge in [-0.1, -0.05) is 65.2 Å². The van der Waals surface area contributed by atoms with Crippen LogP contribution in [0.15, 0.2) is 65.8 Å². The number of halogens is 2. The molecular weight excluding hydrogens is 419 g/mol. The van der Waals surface area contributed by atoms with Crippen LogP contribution >= 0.6 is 23.2 Å². The summed E-state index contributed by atoms with van der Waals surface area (Å²) >= 11 is 12.0. The Bertz CT molecular complexity index is 1080. The summed E-state index contributed by atoms with van der Waals surface area (Å²) in [4.78, 5) is 12.2. The number of carbonyl (C=O) groups excluding carboxylic acids is 1. The van der Waals surface area contributed by atoms with Crippen molar-refractivity contribution in [3.8, 4) is 5.75 Å². The molecule has 3 rings (SSSR count). The number of nitrogens with zero attached hydrogens (tertiary/aromatic N) is 1. The van der Waals surface area contributed by atoms with E-state index in [1.54, 1.807) is 18.3 Å². The second-order valence-electron chi connectivity index (χ2n) is 6.97. The number of benzene rings is 3. The Hall–Kier alpha value is -2.82. The molecule has 3 aromatic rings. The van der Waals surface area contributed by atoms with Gasteiger partial charge in [-0.15, -0.1) is 0 Å². The Morgan fingerprint density at radius 1 is 1.03 bits per heavy atom. The molecule has 0 fully saturated rings. The minimum absolute atomic E-state index is 0.174. The number of ether oxygens (including phenoxy) is 1. The summed E-state index contributed by atoms with van der Waals surface area (Å²) in [7, 11) is 0. The molecule has 154 valence electrons. The maximum Gasteiger partial charge on any atom is 0.244 e. The van der Waals surface area contributed by atoms with Gasteiger partial charge in [-0.25, -0.2) is 5.43 Å². The molecule has 3 aromatic carbocycles. The first kappa shape index (κ1) is 21.9. The van der Waals surface area contributed by atoms with Crippen LogP contribution in [-0.4, -0.2) is 12.1 Å². The molecule has 0 heterocycles. The van der Waals surface area contributed by atoms with Gasteiger partial charge in [-0.2, -0.15) is 5.10 Å². The molecular formula is C24H22Cl2N2O2. The maximum atomic E-state index is 12.2. The molecule has 1 N–H and O–H groups in total. The number of nitrogens with one attached hydrogen (secondary N) is 1. The molecule has 0 atom stereocenters. The van der Waals surface area contributed by atoms with Crippen LogP contribution in [0.1, 0.15) is 27.8 Å². The Labute approximate surface area is 186 Å². The van der Waals surface area contributed by atoms with Crippen LogP contribution in [-0.2, 0) is 17.8 Å². The van der Waals surface area contributed by atoms with Gasteiger partial charge in [0, 0.05) is 5.56 Å². The van der Waals surface area contributed by atoms with E-state index in [9.17, 15) is 4.79 Å². The number of aryl methyl sites for hydroxylation is 2. The predicted octanol–water partition coefficient (Wildman–Crippen LogP) is 5.88. The Morgan fingerprint density at radius 3 is 2.60 bits per heavy atom. The van der Waals surface area contributed by atoms with Gasteiger partial charge in [-0.05, 0) is 54.8 Å². The van der Waals surface area contributed by atoms with E-state index >= 15 is 0 Å². The quantitative estimate of drug-likeness (QED) is 0.368. The van der Waals surface area contributed by atoms with E-state index in [0.717, 1.165) is 22.3 Å². The van der Waals surface area contributed by atoms with E-state index < -0.39 is 0 Å². The van der Waals surface area contributed by atoms with E-state index in [4.69, 9.17) is 27.9 Å². The highest BCUT2D eigenvalue weighted by Gasteiger charge is 2.06. The molecule has 0 saturated heterocycles. The molecule has 0 bridgehead atoms. The third kappa shape index (κ3) is 6.09. The number of amides is 1. The molecule has 0 spiro atoms. The standard InChI is InChI=1S/C24H22Cl2N2O2/c1-16-7-9-19(17(2)11-16)13-24(29)28-27-14-20-5-3-4-6-23(20)30-15-18-8-10-21(25)22(26)12-18/h3-12,14H,13,15H2,1-2H3,(H,28,29)/b27-14-. The van der Waals surface area contributed by atoms with Crippen molar-refractivity contribution < 1.29 is 9.53 Å². The third-order valence-corrected chi connectivity index (χ3v) is 5.28. The molecule has 30 heavy (non-hydrogen) atoms. The number of carbonyl (C=O) groups is 1. The minimum atomic E-state index is -0.174. The number of hydrazone groups is 1. The fourth-order valence-electron chi connectivity index (χ4n) is 2.94. The Kier molecular flexibility index (Phi) is 7.50. The lowest BCUT2D eigenvalue weighted by molar-refractivity contribution is -0.120. The van der Waals surface area contributed by atoms with E-state index in [1.165, 1.54) is 5.56 Å². The molecule has 0 aliphatic carbocycles. The van der Waals surface area contributed by atoms with Crippen molar-refractivity contribution in [1.82, 2.24) is 5.43 Å². The van der Waals surface area contributed by atoms with Gasteiger partial charge in [0.1, 0.15) is 12.4 Å². The van der Waals surface area contributed by atoms with Crippen LogP contribution in [0.4, 0.5) is 0 Å². The average molecular weight is 441 g/mol. The summed E-state index contributed by atoms with van der Waals surface area (Å²) in [6.45, 7) is 4.36. The zero-order valence-electron chi connectivity index (χ0n) is 16.8. The summed E-state index contributed by atoms with van der Waals surface area (Å²) in [5.41, 5.74) is 7.48. The SMILES string of the molecule is Cc1ccc(CC(=O)N/N=C\c2ccccc2OCc2ccc(Cl)c(Cl)c2)c(C)c1. The van der Waals surface area contributed by atoms with Crippen LogP contribution in [0, 0.1) is 13.8 Å². The highest BCUT2D eigenvalue weighted by atomic mass is 35.5. The smallest absolute Gasteiger partial charge is 0.244 e. The van der Waals surface area contributed by atoms with Gasteiger partial charge >= 0.3 is 0 Å². The highest BCUT2D eigenvalue weighted by Crippen LogP contribution is 2.24. The summed E-state index contributed by atoms with van der Waals surface area (Å²) in [5, 5.41) is 5.07. The Morgan fingerprint density at radius 2 is 1.83 bits per heavy atom. The first-order chi connectivity index (χ1) is 14.4. The lowest BCUT2D eigenvalue weighted by Crippen LogP contribution is -2.20. The van der Waals surface area contributed by atoms with Crippen molar-refractivity contribution in [1.29, 1.82) is 0 Å². The zero-order valence-corrected chi connectivity index (χ0v) is 18.3. The van der Waals surface area contributed by atoms with Crippen molar-refractivity contribution >= 4 is 35.3 Å². The molecule has 6 heteroatoms. The van der Waals surface area contributed by atoms with Gasteiger partial charge < -0.3 is 4.74 Å². The largest absolute Gasteiger partial charge is 0.488 e. The monoisotopic (exact) mass is 440 g/mol. The fraction of sp³-hybridized carbons (Fsp3) is 0.167. The summed E-state index contributed by atoms with van der Waals surface area (Å²) in [6.07, 6.45) is 1.85. The normalized spacial score (nSPS) is 10.9. The number of hydrogen-bond donors (Lipinski definition) is 1. The molecule has 0 aliphatic rings. The van der Waals surface area contributed by atoms with Crippen molar-refractivity contribution in [2.75, 3.05) is 0 Å². The van der Waals surface area contributed by atoms with Gasteiger partial charge in [-0.3, -0.25) is 4.79 Å². The van der Waals surface area contributed by atoms with Crippen LogP contribution in [0.2, 0.25) is 10.0 Å². The highest BCUT2D eigenvalue weighted by molar-refractivity contribution is 6.42. The lowest BCUT2D eigenvalue weighted by Gasteiger charge is -2.10. The van der Waals surface area contributed by atoms with Crippen LogP contribution in [0.3, 0.4) is 0 Å². The second kappa shape index (κ2) is 10.3. The fourth-order valence-corrected chi connectivity index (χ4v) is 3.26. The molecule has 0 saturated carbocycles. The van der Waals surface area contributed by atoms with Crippen molar-refractivity contribution in [3.05, 3.63) is 98.5 Å². The zero-order chi connectivity index (χ0) is 21.5. The van der Waals surface area contributed by atoms with Crippen molar-refractivity contribution in [3.63, 3.8) is 0 Å². The second-order valence-corrected chi connectivity index (χ2v) is 7.79. The van der Waals surface area contributed by atoms with E-state index in [1.807, 2.05) is 56.3 Å². The molecule has 1 amide bonds. The van der Waals surface area contributed by atoms with Gasteiger partial charge in [0.2, 0.25) is 5.91 Å². The molecule has 0 unspecified atom stereocenters. The summed E-state index contributed by atoms with van der Waals surface area (Å²) in [5.74, 6) is 0.475. The first-order valence-corrected chi connectivity index (χ1v) is 10.2. The summed E-state index contributed by atoms with van der Waals surface area (Å²) < 4.78 is 5.89. The van der Waals surface area contributed by atoms with Crippen LogP contribution < -0.4 is 10.2 Å².